The lowest BCUT2D eigenvalue weighted by Gasteiger charge is -2.03. The Morgan fingerprint density at radius 3 is 2.88 bits per heavy atom. The predicted octanol–water partition coefficient (Wildman–Crippen LogP) is 1.20. The van der Waals surface area contributed by atoms with Crippen molar-refractivity contribution in [2.75, 3.05) is 7.11 Å². The van der Waals surface area contributed by atoms with Crippen LogP contribution in [0.5, 0.6) is 11.5 Å². The monoisotopic (exact) mass is 352 g/mol. The van der Waals surface area contributed by atoms with Gasteiger partial charge in [-0.15, -0.1) is 10.2 Å². The summed E-state index contributed by atoms with van der Waals surface area (Å²) < 4.78 is 5.07. The van der Waals surface area contributed by atoms with Crippen LogP contribution in [0.3, 0.4) is 0 Å². The molecule has 0 spiro atoms. The molecule has 9 nitrogen and oxygen atoms in total. The fourth-order valence-corrected chi connectivity index (χ4v) is 2.11. The Morgan fingerprint density at radius 1 is 1.31 bits per heavy atom. The third-order valence-corrected chi connectivity index (χ3v) is 3.40. The van der Waals surface area contributed by atoms with Gasteiger partial charge in [0.15, 0.2) is 0 Å². The molecule has 0 saturated heterocycles. The number of benzene rings is 2. The SMILES string of the molecule is COc1ccc(O)c(/C=N/NC(=O)Cn2nnc(-c3ccccc3)n2)c1. The van der Waals surface area contributed by atoms with Gasteiger partial charge >= 0.3 is 0 Å². The minimum absolute atomic E-state index is 0.0224. The number of hydrazone groups is 1. The molecule has 3 aromatic rings. The van der Waals surface area contributed by atoms with Crippen LogP contribution < -0.4 is 10.2 Å². The number of methoxy groups -OCH3 is 1. The van der Waals surface area contributed by atoms with Crippen LogP contribution in [0.1, 0.15) is 5.56 Å². The van der Waals surface area contributed by atoms with Gasteiger partial charge in [0.05, 0.1) is 13.3 Å². The number of hydrogen-bond acceptors (Lipinski definition) is 7. The molecular weight excluding hydrogens is 336 g/mol. The van der Waals surface area contributed by atoms with Crippen molar-refractivity contribution >= 4 is 12.1 Å². The van der Waals surface area contributed by atoms with Crippen molar-refractivity contribution in [2.45, 2.75) is 6.54 Å². The van der Waals surface area contributed by atoms with Gasteiger partial charge in [0, 0.05) is 11.1 Å². The van der Waals surface area contributed by atoms with E-state index in [-0.39, 0.29) is 12.3 Å². The summed E-state index contributed by atoms with van der Waals surface area (Å²) in [6.45, 7) is -0.138. The third kappa shape index (κ3) is 4.20. The van der Waals surface area contributed by atoms with Gasteiger partial charge in [-0.25, -0.2) is 5.43 Å². The summed E-state index contributed by atoms with van der Waals surface area (Å²) >= 11 is 0. The Hall–Kier alpha value is -3.75. The number of aromatic nitrogens is 4. The molecule has 0 radical (unpaired) electrons. The minimum Gasteiger partial charge on any atom is -0.507 e. The number of rotatable bonds is 6. The van der Waals surface area contributed by atoms with Gasteiger partial charge in [-0.2, -0.15) is 9.90 Å². The molecule has 0 bridgehead atoms. The Bertz CT molecular complexity index is 923. The standard InChI is InChI=1S/C17H16N6O3/c1-26-14-7-8-15(24)13(9-14)10-18-19-16(25)11-23-21-17(20-22-23)12-5-3-2-4-6-12/h2-10,24H,11H2,1H3,(H,19,25)/b18-10+. The summed E-state index contributed by atoms with van der Waals surface area (Å²) in [4.78, 5) is 13.1. The molecule has 3 rings (SSSR count). The van der Waals surface area contributed by atoms with E-state index in [2.05, 4.69) is 25.9 Å². The van der Waals surface area contributed by atoms with Gasteiger partial charge < -0.3 is 9.84 Å². The molecule has 0 unspecified atom stereocenters. The van der Waals surface area contributed by atoms with Gasteiger partial charge in [0.2, 0.25) is 5.82 Å². The van der Waals surface area contributed by atoms with E-state index in [9.17, 15) is 9.90 Å². The number of carbonyl (C=O) groups is 1. The molecule has 0 saturated carbocycles. The first-order chi connectivity index (χ1) is 12.7. The van der Waals surface area contributed by atoms with Crippen LogP contribution in [0.25, 0.3) is 11.4 Å². The molecule has 132 valence electrons. The molecule has 1 aromatic heterocycles. The zero-order valence-corrected chi connectivity index (χ0v) is 13.9. The van der Waals surface area contributed by atoms with Crippen LogP contribution in [0.15, 0.2) is 53.6 Å². The topological polar surface area (TPSA) is 115 Å². The highest BCUT2D eigenvalue weighted by atomic mass is 16.5. The number of carbonyl (C=O) groups excluding carboxylic acids is 1. The number of phenols is 1. The van der Waals surface area contributed by atoms with E-state index in [0.717, 1.165) is 5.56 Å². The van der Waals surface area contributed by atoms with Gasteiger partial charge in [-0.1, -0.05) is 30.3 Å². The van der Waals surface area contributed by atoms with Crippen molar-refractivity contribution in [3.8, 4) is 22.9 Å². The van der Waals surface area contributed by atoms with E-state index in [1.807, 2.05) is 30.3 Å². The summed E-state index contributed by atoms with van der Waals surface area (Å²) in [6, 6.07) is 14.0. The molecule has 2 N–H and O–H groups in total. The first kappa shape index (κ1) is 17.1. The van der Waals surface area contributed by atoms with E-state index in [1.165, 1.54) is 24.2 Å². The highest BCUT2D eigenvalue weighted by molar-refractivity contribution is 5.85. The average Bonchev–Trinajstić information content (AvgIpc) is 3.12. The highest BCUT2D eigenvalue weighted by Crippen LogP contribution is 2.20. The van der Waals surface area contributed by atoms with Crippen LogP contribution in [0.2, 0.25) is 0 Å². The fourth-order valence-electron chi connectivity index (χ4n) is 2.11. The molecule has 0 atom stereocenters. The second-order valence-corrected chi connectivity index (χ2v) is 5.23. The van der Waals surface area contributed by atoms with Crippen molar-refractivity contribution in [3.63, 3.8) is 0 Å². The molecule has 26 heavy (non-hydrogen) atoms. The molecule has 0 aliphatic heterocycles. The Morgan fingerprint density at radius 2 is 2.12 bits per heavy atom. The normalized spacial score (nSPS) is 10.8. The van der Waals surface area contributed by atoms with Crippen molar-refractivity contribution in [2.24, 2.45) is 5.10 Å². The molecular formula is C17H16N6O3. The second-order valence-electron chi connectivity index (χ2n) is 5.23. The van der Waals surface area contributed by atoms with Crippen molar-refractivity contribution in [1.29, 1.82) is 0 Å². The first-order valence-corrected chi connectivity index (χ1v) is 7.68. The molecule has 9 heteroatoms. The van der Waals surface area contributed by atoms with E-state index in [0.29, 0.717) is 17.1 Å². The first-order valence-electron chi connectivity index (χ1n) is 7.68. The maximum Gasteiger partial charge on any atom is 0.263 e. The summed E-state index contributed by atoms with van der Waals surface area (Å²) in [7, 11) is 1.52. The zero-order chi connectivity index (χ0) is 18.4. The number of amides is 1. The maximum absolute atomic E-state index is 11.9. The van der Waals surface area contributed by atoms with Crippen LogP contribution in [0.4, 0.5) is 0 Å². The summed E-state index contributed by atoms with van der Waals surface area (Å²) in [5.41, 5.74) is 3.57. The number of ether oxygens (including phenoxy) is 1. The molecule has 0 fully saturated rings. The third-order valence-electron chi connectivity index (χ3n) is 3.40. The number of nitrogens with one attached hydrogen (secondary N) is 1. The molecule has 1 amide bonds. The van der Waals surface area contributed by atoms with Gasteiger partial charge in [-0.3, -0.25) is 4.79 Å². The predicted molar refractivity (Wildman–Crippen MR) is 93.6 cm³/mol. The van der Waals surface area contributed by atoms with E-state index < -0.39 is 5.91 Å². The average molecular weight is 352 g/mol. The lowest BCUT2D eigenvalue weighted by molar-refractivity contribution is -0.122. The largest absolute Gasteiger partial charge is 0.507 e. The summed E-state index contributed by atoms with van der Waals surface area (Å²) in [5, 5.41) is 25.5. The zero-order valence-electron chi connectivity index (χ0n) is 13.9. The van der Waals surface area contributed by atoms with Crippen LogP contribution in [-0.4, -0.2) is 44.5 Å². The van der Waals surface area contributed by atoms with Crippen LogP contribution in [-0.2, 0) is 11.3 Å². The van der Waals surface area contributed by atoms with Crippen molar-refractivity contribution < 1.29 is 14.6 Å². The van der Waals surface area contributed by atoms with Crippen LogP contribution >= 0.6 is 0 Å². The quantitative estimate of drug-likeness (QED) is 0.509. The number of tetrazole rings is 1. The van der Waals surface area contributed by atoms with Crippen molar-refractivity contribution in [1.82, 2.24) is 25.6 Å². The van der Waals surface area contributed by atoms with Gasteiger partial charge in [-0.05, 0) is 23.4 Å². The van der Waals surface area contributed by atoms with Gasteiger partial charge in [0.1, 0.15) is 18.0 Å². The second kappa shape index (κ2) is 7.88. The number of aromatic hydroxyl groups is 1. The lowest BCUT2D eigenvalue weighted by Crippen LogP contribution is -2.24. The maximum atomic E-state index is 11.9. The number of nitrogens with zero attached hydrogens (tertiary/aromatic N) is 5. The Balaban J connectivity index is 1.59. The molecule has 1 heterocycles. The molecule has 0 aliphatic rings. The lowest BCUT2D eigenvalue weighted by atomic mass is 10.2. The fraction of sp³-hybridized carbons (Fsp3) is 0.118. The Labute approximate surface area is 148 Å². The van der Waals surface area contributed by atoms with Crippen LogP contribution in [0, 0.1) is 0 Å². The van der Waals surface area contributed by atoms with Gasteiger partial charge in [0.25, 0.3) is 5.91 Å². The Kier molecular flexibility index (Phi) is 5.18. The number of phenolic OH excluding ortho intramolecular Hbond substituents is 1. The molecule has 0 aliphatic carbocycles. The summed E-state index contributed by atoms with van der Waals surface area (Å²) in [5.74, 6) is 0.592. The number of hydrogen-bond donors (Lipinski definition) is 2. The van der Waals surface area contributed by atoms with E-state index >= 15 is 0 Å². The molecule has 2 aromatic carbocycles. The summed E-state index contributed by atoms with van der Waals surface area (Å²) in [6.07, 6.45) is 1.32. The van der Waals surface area contributed by atoms with E-state index in [4.69, 9.17) is 4.74 Å². The smallest absolute Gasteiger partial charge is 0.263 e. The van der Waals surface area contributed by atoms with E-state index in [1.54, 1.807) is 12.1 Å². The minimum atomic E-state index is -0.430. The highest BCUT2D eigenvalue weighted by Gasteiger charge is 2.08. The van der Waals surface area contributed by atoms with Crippen molar-refractivity contribution in [3.05, 3.63) is 54.1 Å².